The number of rotatable bonds is 6. The minimum Gasteiger partial charge on any atom is -0.451 e. The molecule has 0 aliphatic carbocycles. The highest BCUT2D eigenvalue weighted by Gasteiger charge is 2.30. The molecule has 0 bridgehead atoms. The number of alkyl halides is 3. The predicted octanol–water partition coefficient (Wildman–Crippen LogP) is 4.57. The first-order chi connectivity index (χ1) is 12.9. The van der Waals surface area contributed by atoms with E-state index in [1.165, 1.54) is 43.5 Å². The number of likely N-dealkylation sites (tertiary alicyclic amines) is 1. The fourth-order valence-corrected chi connectivity index (χ4v) is 3.24. The molecule has 0 atom stereocenters. The second-order valence-corrected chi connectivity index (χ2v) is 6.75. The molecule has 3 rings (SSSR count). The second-order valence-electron chi connectivity index (χ2n) is 6.75. The van der Waals surface area contributed by atoms with E-state index in [2.05, 4.69) is 10.2 Å². The van der Waals surface area contributed by atoms with Crippen molar-refractivity contribution in [2.24, 2.45) is 0 Å². The Morgan fingerprint density at radius 1 is 1.11 bits per heavy atom. The molecule has 0 saturated carbocycles. The standard InChI is InChI=1S/C20H23F3N2O2/c21-20(22,23)16-7-4-6-15(14-16)17-8-9-18(27-17)19(26)24-10-5-13-25-11-2-1-3-12-25/h4,6-9,14H,1-3,5,10-13H2,(H,24,26). The van der Waals surface area contributed by atoms with Crippen LogP contribution < -0.4 is 5.32 Å². The number of nitrogens with zero attached hydrogens (tertiary/aromatic N) is 1. The van der Waals surface area contributed by atoms with Gasteiger partial charge in [-0.15, -0.1) is 0 Å². The molecule has 1 aliphatic heterocycles. The van der Waals surface area contributed by atoms with Crippen molar-refractivity contribution < 1.29 is 22.4 Å². The van der Waals surface area contributed by atoms with Crippen LogP contribution in [0.4, 0.5) is 13.2 Å². The Kier molecular flexibility index (Phi) is 6.21. The number of piperidine rings is 1. The third-order valence-corrected chi connectivity index (χ3v) is 4.69. The van der Waals surface area contributed by atoms with Crippen molar-refractivity contribution in [3.8, 4) is 11.3 Å². The Bertz CT molecular complexity index is 765. The van der Waals surface area contributed by atoms with Gasteiger partial charge in [-0.05, 0) is 63.2 Å². The summed E-state index contributed by atoms with van der Waals surface area (Å²) in [4.78, 5) is 14.6. The normalized spacial score (nSPS) is 15.7. The van der Waals surface area contributed by atoms with Crippen molar-refractivity contribution in [1.82, 2.24) is 10.2 Å². The van der Waals surface area contributed by atoms with Crippen LogP contribution in [0.25, 0.3) is 11.3 Å². The van der Waals surface area contributed by atoms with Gasteiger partial charge in [-0.25, -0.2) is 0 Å². The lowest BCUT2D eigenvalue weighted by Crippen LogP contribution is -2.33. The Morgan fingerprint density at radius 2 is 1.89 bits per heavy atom. The number of carbonyl (C=O) groups is 1. The number of halogens is 3. The SMILES string of the molecule is O=C(NCCCN1CCCCC1)c1ccc(-c2cccc(C(F)(F)F)c2)o1. The number of benzene rings is 1. The third kappa shape index (κ3) is 5.35. The van der Waals surface area contributed by atoms with E-state index >= 15 is 0 Å². The smallest absolute Gasteiger partial charge is 0.416 e. The molecule has 1 saturated heterocycles. The average Bonchev–Trinajstić information content (AvgIpc) is 3.16. The maximum atomic E-state index is 12.8. The van der Waals surface area contributed by atoms with Crippen LogP contribution in [0.15, 0.2) is 40.8 Å². The molecule has 0 spiro atoms. The first kappa shape index (κ1) is 19.5. The van der Waals surface area contributed by atoms with Crippen molar-refractivity contribution in [1.29, 1.82) is 0 Å². The second kappa shape index (κ2) is 8.61. The zero-order chi connectivity index (χ0) is 19.3. The molecule has 7 heteroatoms. The van der Waals surface area contributed by atoms with Gasteiger partial charge in [0.2, 0.25) is 0 Å². The average molecular weight is 380 g/mol. The van der Waals surface area contributed by atoms with Crippen LogP contribution in [-0.2, 0) is 6.18 Å². The number of hydrogen-bond acceptors (Lipinski definition) is 3. The van der Waals surface area contributed by atoms with Crippen molar-refractivity contribution in [2.75, 3.05) is 26.2 Å². The number of furan rings is 1. The minimum absolute atomic E-state index is 0.0976. The highest BCUT2D eigenvalue weighted by Crippen LogP contribution is 2.32. The summed E-state index contributed by atoms with van der Waals surface area (Å²) in [6.07, 6.45) is 0.193. The van der Waals surface area contributed by atoms with Crippen molar-refractivity contribution in [3.05, 3.63) is 47.7 Å². The molecule has 1 amide bonds. The van der Waals surface area contributed by atoms with Gasteiger partial charge in [-0.2, -0.15) is 13.2 Å². The van der Waals surface area contributed by atoms with Gasteiger partial charge in [0.25, 0.3) is 5.91 Å². The van der Waals surface area contributed by atoms with Crippen LogP contribution >= 0.6 is 0 Å². The largest absolute Gasteiger partial charge is 0.451 e. The van der Waals surface area contributed by atoms with E-state index in [4.69, 9.17) is 4.42 Å². The van der Waals surface area contributed by atoms with Gasteiger partial charge in [-0.1, -0.05) is 18.6 Å². The fraction of sp³-hybridized carbons (Fsp3) is 0.450. The summed E-state index contributed by atoms with van der Waals surface area (Å²) in [6.45, 7) is 3.72. The zero-order valence-corrected chi connectivity index (χ0v) is 15.0. The highest BCUT2D eigenvalue weighted by atomic mass is 19.4. The molecular weight excluding hydrogens is 357 g/mol. The first-order valence-electron chi connectivity index (χ1n) is 9.21. The van der Waals surface area contributed by atoms with Crippen LogP contribution in [0.2, 0.25) is 0 Å². The van der Waals surface area contributed by atoms with E-state index in [0.29, 0.717) is 6.54 Å². The quantitative estimate of drug-likeness (QED) is 0.747. The molecule has 1 fully saturated rings. The summed E-state index contributed by atoms with van der Waals surface area (Å²) < 4.78 is 43.9. The monoisotopic (exact) mass is 380 g/mol. The lowest BCUT2D eigenvalue weighted by Gasteiger charge is -2.26. The van der Waals surface area contributed by atoms with E-state index in [1.54, 1.807) is 0 Å². The fourth-order valence-electron chi connectivity index (χ4n) is 3.24. The van der Waals surface area contributed by atoms with Gasteiger partial charge >= 0.3 is 6.18 Å². The molecule has 1 aromatic carbocycles. The summed E-state index contributed by atoms with van der Waals surface area (Å²) in [5, 5.41) is 2.80. The Morgan fingerprint density at radius 3 is 2.63 bits per heavy atom. The number of carbonyl (C=O) groups excluding carboxylic acids is 1. The van der Waals surface area contributed by atoms with Gasteiger partial charge in [0.1, 0.15) is 5.76 Å². The zero-order valence-electron chi connectivity index (χ0n) is 15.0. The molecule has 2 heterocycles. The number of hydrogen-bond donors (Lipinski definition) is 1. The van der Waals surface area contributed by atoms with Gasteiger partial charge in [-0.3, -0.25) is 4.79 Å². The van der Waals surface area contributed by atoms with Crippen LogP contribution in [0.1, 0.15) is 41.8 Å². The van der Waals surface area contributed by atoms with Crippen LogP contribution in [-0.4, -0.2) is 37.0 Å². The van der Waals surface area contributed by atoms with Gasteiger partial charge in [0.05, 0.1) is 5.56 Å². The Balaban J connectivity index is 1.53. The molecule has 27 heavy (non-hydrogen) atoms. The lowest BCUT2D eigenvalue weighted by molar-refractivity contribution is -0.137. The van der Waals surface area contributed by atoms with Crippen molar-refractivity contribution in [2.45, 2.75) is 31.9 Å². The lowest BCUT2D eigenvalue weighted by atomic mass is 10.1. The molecule has 0 radical (unpaired) electrons. The molecule has 1 aliphatic rings. The summed E-state index contributed by atoms with van der Waals surface area (Å²) >= 11 is 0. The maximum absolute atomic E-state index is 12.8. The van der Waals surface area contributed by atoms with E-state index in [-0.39, 0.29) is 23.0 Å². The van der Waals surface area contributed by atoms with Crippen molar-refractivity contribution >= 4 is 5.91 Å². The number of amides is 1. The first-order valence-corrected chi connectivity index (χ1v) is 9.21. The van der Waals surface area contributed by atoms with E-state index in [9.17, 15) is 18.0 Å². The highest BCUT2D eigenvalue weighted by molar-refractivity contribution is 5.92. The van der Waals surface area contributed by atoms with Gasteiger partial charge in [0.15, 0.2) is 5.76 Å². The van der Waals surface area contributed by atoms with E-state index in [1.807, 2.05) is 0 Å². The number of nitrogens with one attached hydrogen (secondary N) is 1. The minimum atomic E-state index is -4.42. The summed E-state index contributed by atoms with van der Waals surface area (Å²) in [5.74, 6) is -0.0215. The molecule has 146 valence electrons. The summed E-state index contributed by atoms with van der Waals surface area (Å²) in [6, 6.07) is 7.85. The van der Waals surface area contributed by atoms with E-state index < -0.39 is 11.7 Å². The molecule has 0 unspecified atom stereocenters. The third-order valence-electron chi connectivity index (χ3n) is 4.69. The summed E-state index contributed by atoms with van der Waals surface area (Å²) in [5.41, 5.74) is -0.464. The molecule has 4 nitrogen and oxygen atoms in total. The predicted molar refractivity (Wildman–Crippen MR) is 96.4 cm³/mol. The Labute approximate surface area is 156 Å². The molecule has 1 N–H and O–H groups in total. The van der Waals surface area contributed by atoms with Crippen LogP contribution in [0, 0.1) is 0 Å². The summed E-state index contributed by atoms with van der Waals surface area (Å²) in [7, 11) is 0. The molecule has 2 aromatic rings. The van der Waals surface area contributed by atoms with Crippen LogP contribution in [0.3, 0.4) is 0 Å². The van der Waals surface area contributed by atoms with Gasteiger partial charge < -0.3 is 14.6 Å². The Hall–Kier alpha value is -2.28. The maximum Gasteiger partial charge on any atom is 0.416 e. The van der Waals surface area contributed by atoms with Crippen LogP contribution in [0.5, 0.6) is 0 Å². The van der Waals surface area contributed by atoms with Crippen molar-refractivity contribution in [3.63, 3.8) is 0 Å². The molecular formula is C20H23F3N2O2. The van der Waals surface area contributed by atoms with E-state index in [0.717, 1.165) is 38.2 Å². The molecule has 1 aromatic heterocycles. The van der Waals surface area contributed by atoms with Gasteiger partial charge in [0, 0.05) is 12.1 Å². The topological polar surface area (TPSA) is 45.5 Å².